The predicted octanol–water partition coefficient (Wildman–Crippen LogP) is 5.02. The number of rotatable bonds is 12. The van der Waals surface area contributed by atoms with E-state index in [-0.39, 0.29) is 12.0 Å². The number of hydrogen-bond donors (Lipinski definition) is 1. The second-order valence-corrected chi connectivity index (χ2v) is 8.60. The van der Waals surface area contributed by atoms with Gasteiger partial charge in [-0.3, -0.25) is 4.79 Å². The number of carbonyl (C=O) groups is 2. The number of benzene rings is 1. The molecule has 0 aliphatic carbocycles. The molecule has 8 heteroatoms. The number of amides is 1. The lowest BCUT2D eigenvalue weighted by Gasteiger charge is -2.32. The van der Waals surface area contributed by atoms with Gasteiger partial charge in [-0.05, 0) is 25.0 Å². The van der Waals surface area contributed by atoms with E-state index in [1.807, 2.05) is 58.0 Å². The fourth-order valence-electron chi connectivity index (χ4n) is 3.15. The summed E-state index contributed by atoms with van der Waals surface area (Å²) in [4.78, 5) is 25.2. The summed E-state index contributed by atoms with van der Waals surface area (Å²) in [6.45, 7) is 11.4. The standard InChI is InChI=1S/C25H32N4O4/c1-6-8-14-19(22(30)17(3)16-26)27-24(31)32-20(25(4,5)7-2)15-21-28-29-23(33-21)18-12-10-9-11-13-18/h9-13,19-20H,3,6-8,14-15H2,1-2,4-5H3,(H,27,31)/t19-,20-/m0/s1. The van der Waals surface area contributed by atoms with E-state index in [1.165, 1.54) is 0 Å². The molecule has 176 valence electrons. The van der Waals surface area contributed by atoms with Gasteiger partial charge in [-0.1, -0.05) is 65.3 Å². The molecule has 0 bridgehead atoms. The molecule has 33 heavy (non-hydrogen) atoms. The maximum absolute atomic E-state index is 12.8. The summed E-state index contributed by atoms with van der Waals surface area (Å²) < 4.78 is 11.6. The first-order chi connectivity index (χ1) is 15.7. The fraction of sp³-hybridized carbons (Fsp3) is 0.480. The molecule has 0 radical (unpaired) electrons. The largest absolute Gasteiger partial charge is 0.445 e. The molecule has 2 rings (SSSR count). The Labute approximate surface area is 195 Å². The number of aromatic nitrogens is 2. The van der Waals surface area contributed by atoms with Gasteiger partial charge in [0.05, 0.1) is 18.0 Å². The SMILES string of the molecule is C=C(C#N)C(=O)[C@H](CCCC)NC(=O)O[C@@H](Cc1nnc(-c2ccccc2)o1)C(C)(C)CC. The minimum atomic E-state index is -0.858. The highest BCUT2D eigenvalue weighted by molar-refractivity contribution is 6.03. The Morgan fingerprint density at radius 1 is 1.24 bits per heavy atom. The van der Waals surface area contributed by atoms with Crippen LogP contribution in [0.3, 0.4) is 0 Å². The number of ether oxygens (including phenoxy) is 1. The van der Waals surface area contributed by atoms with Crippen LogP contribution in [0.25, 0.3) is 11.5 Å². The molecule has 2 atom stereocenters. The van der Waals surface area contributed by atoms with E-state index in [0.29, 0.717) is 24.6 Å². The Kier molecular flexibility index (Phi) is 9.34. The van der Waals surface area contributed by atoms with Crippen LogP contribution in [-0.2, 0) is 16.0 Å². The van der Waals surface area contributed by atoms with Crippen molar-refractivity contribution in [3.8, 4) is 17.5 Å². The molecule has 0 saturated carbocycles. The van der Waals surface area contributed by atoms with Crippen LogP contribution in [0, 0.1) is 16.7 Å². The number of ketones is 1. The van der Waals surface area contributed by atoms with Gasteiger partial charge in [-0.15, -0.1) is 10.2 Å². The van der Waals surface area contributed by atoms with E-state index in [9.17, 15) is 9.59 Å². The number of alkyl carbamates (subject to hydrolysis) is 1. The maximum atomic E-state index is 12.8. The van der Waals surface area contributed by atoms with Crippen LogP contribution in [0.2, 0.25) is 0 Å². The summed E-state index contributed by atoms with van der Waals surface area (Å²) in [5.41, 5.74) is 0.218. The summed E-state index contributed by atoms with van der Waals surface area (Å²) in [6.07, 6.45) is 1.60. The number of unbranched alkanes of at least 4 members (excludes halogenated alkanes) is 1. The monoisotopic (exact) mass is 452 g/mol. The Morgan fingerprint density at radius 3 is 2.55 bits per heavy atom. The summed E-state index contributed by atoms with van der Waals surface area (Å²) in [7, 11) is 0. The van der Waals surface area contributed by atoms with Crippen LogP contribution in [0.1, 0.15) is 59.3 Å². The molecule has 1 aromatic carbocycles. The molecule has 0 aliphatic rings. The van der Waals surface area contributed by atoms with Crippen LogP contribution in [-0.4, -0.2) is 34.2 Å². The molecule has 1 heterocycles. The first-order valence-corrected chi connectivity index (χ1v) is 11.2. The fourth-order valence-corrected chi connectivity index (χ4v) is 3.15. The molecule has 2 aromatic rings. The second-order valence-electron chi connectivity index (χ2n) is 8.60. The van der Waals surface area contributed by atoms with Gasteiger partial charge < -0.3 is 14.5 Å². The van der Waals surface area contributed by atoms with E-state index >= 15 is 0 Å². The lowest BCUT2D eigenvalue weighted by molar-refractivity contribution is -0.117. The van der Waals surface area contributed by atoms with Crippen molar-refractivity contribution in [2.45, 2.75) is 71.9 Å². The number of nitrogens with zero attached hydrogens (tertiary/aromatic N) is 3. The molecule has 1 amide bonds. The van der Waals surface area contributed by atoms with Gasteiger partial charge in [0.2, 0.25) is 11.8 Å². The molecule has 1 N–H and O–H groups in total. The van der Waals surface area contributed by atoms with Crippen molar-refractivity contribution < 1.29 is 18.7 Å². The number of nitriles is 1. The molecular weight excluding hydrogens is 420 g/mol. The average Bonchev–Trinajstić information content (AvgIpc) is 3.29. The normalized spacial score (nSPS) is 12.9. The van der Waals surface area contributed by atoms with Crippen molar-refractivity contribution in [2.24, 2.45) is 5.41 Å². The lowest BCUT2D eigenvalue weighted by atomic mass is 9.82. The Hall–Kier alpha value is -3.47. The summed E-state index contributed by atoms with van der Waals surface area (Å²) >= 11 is 0. The highest BCUT2D eigenvalue weighted by Gasteiger charge is 2.34. The van der Waals surface area contributed by atoms with Crippen molar-refractivity contribution in [1.29, 1.82) is 5.26 Å². The van der Waals surface area contributed by atoms with Crippen LogP contribution < -0.4 is 5.32 Å². The molecular formula is C25H32N4O4. The van der Waals surface area contributed by atoms with Crippen molar-refractivity contribution in [2.75, 3.05) is 0 Å². The smallest absolute Gasteiger partial charge is 0.408 e. The highest BCUT2D eigenvalue weighted by Crippen LogP contribution is 2.30. The average molecular weight is 453 g/mol. The Balaban J connectivity index is 2.15. The van der Waals surface area contributed by atoms with Gasteiger partial charge in [0.1, 0.15) is 12.2 Å². The molecule has 0 spiro atoms. The molecule has 0 fully saturated rings. The van der Waals surface area contributed by atoms with Crippen molar-refractivity contribution in [3.63, 3.8) is 0 Å². The summed E-state index contributed by atoms with van der Waals surface area (Å²) in [5, 5.41) is 19.9. The summed E-state index contributed by atoms with van der Waals surface area (Å²) in [5.74, 6) is 0.242. The minimum Gasteiger partial charge on any atom is -0.445 e. The van der Waals surface area contributed by atoms with Gasteiger partial charge in [0, 0.05) is 11.0 Å². The Morgan fingerprint density at radius 2 is 1.94 bits per heavy atom. The van der Waals surface area contributed by atoms with E-state index in [0.717, 1.165) is 18.4 Å². The number of carbonyl (C=O) groups excluding carboxylic acids is 2. The number of Topliss-reactive ketones (excluding diaryl/α,β-unsaturated/α-hetero) is 1. The molecule has 0 saturated heterocycles. The van der Waals surface area contributed by atoms with Crippen molar-refractivity contribution in [3.05, 3.63) is 48.4 Å². The van der Waals surface area contributed by atoms with Crippen LogP contribution in [0.5, 0.6) is 0 Å². The molecule has 1 aromatic heterocycles. The van der Waals surface area contributed by atoms with Crippen LogP contribution in [0.15, 0.2) is 46.9 Å². The third-order valence-electron chi connectivity index (χ3n) is 5.77. The van der Waals surface area contributed by atoms with E-state index in [1.54, 1.807) is 6.07 Å². The molecule has 0 unspecified atom stereocenters. The molecule has 8 nitrogen and oxygen atoms in total. The van der Waals surface area contributed by atoms with E-state index < -0.39 is 29.4 Å². The first-order valence-electron chi connectivity index (χ1n) is 11.2. The minimum absolute atomic E-state index is 0.193. The second kappa shape index (κ2) is 12.0. The third kappa shape index (κ3) is 7.28. The third-order valence-corrected chi connectivity index (χ3v) is 5.77. The van der Waals surface area contributed by atoms with E-state index in [2.05, 4.69) is 22.1 Å². The van der Waals surface area contributed by atoms with Gasteiger partial charge in [0.25, 0.3) is 0 Å². The zero-order chi connectivity index (χ0) is 24.4. The van der Waals surface area contributed by atoms with Crippen molar-refractivity contribution >= 4 is 11.9 Å². The predicted molar refractivity (Wildman–Crippen MR) is 124 cm³/mol. The van der Waals surface area contributed by atoms with Crippen molar-refractivity contribution in [1.82, 2.24) is 15.5 Å². The van der Waals surface area contributed by atoms with Gasteiger partial charge in [-0.25, -0.2) is 4.79 Å². The number of nitrogens with one attached hydrogen (secondary N) is 1. The quantitative estimate of drug-likeness (QED) is 0.355. The Bertz CT molecular complexity index is 991. The van der Waals surface area contributed by atoms with Gasteiger partial charge in [0.15, 0.2) is 5.78 Å². The zero-order valence-electron chi connectivity index (χ0n) is 19.8. The first kappa shape index (κ1) is 25.8. The maximum Gasteiger partial charge on any atom is 0.408 e. The zero-order valence-corrected chi connectivity index (χ0v) is 19.8. The van der Waals surface area contributed by atoms with Crippen LogP contribution >= 0.6 is 0 Å². The van der Waals surface area contributed by atoms with Gasteiger partial charge >= 0.3 is 6.09 Å². The molecule has 0 aliphatic heterocycles. The van der Waals surface area contributed by atoms with Crippen LogP contribution in [0.4, 0.5) is 4.79 Å². The number of hydrogen-bond acceptors (Lipinski definition) is 7. The summed E-state index contributed by atoms with van der Waals surface area (Å²) in [6, 6.07) is 10.3. The van der Waals surface area contributed by atoms with Gasteiger partial charge in [-0.2, -0.15) is 5.26 Å². The van der Waals surface area contributed by atoms with E-state index in [4.69, 9.17) is 14.4 Å². The topological polar surface area (TPSA) is 118 Å². The highest BCUT2D eigenvalue weighted by atomic mass is 16.6. The lowest BCUT2D eigenvalue weighted by Crippen LogP contribution is -2.45.